The van der Waals surface area contributed by atoms with E-state index in [0.717, 1.165) is 38.9 Å². The summed E-state index contributed by atoms with van der Waals surface area (Å²) in [4.78, 5) is 13.3. The molecule has 0 fully saturated rings. The molecular formula is C27H21FN4O. The summed E-state index contributed by atoms with van der Waals surface area (Å²) in [6, 6.07) is 17.7. The van der Waals surface area contributed by atoms with E-state index in [0.29, 0.717) is 25.0 Å². The zero-order valence-electron chi connectivity index (χ0n) is 17.8. The van der Waals surface area contributed by atoms with Gasteiger partial charge in [-0.2, -0.15) is 0 Å². The smallest absolute Gasteiger partial charge is 0.283 e. The lowest BCUT2D eigenvalue weighted by atomic mass is 9.69. The van der Waals surface area contributed by atoms with Crippen molar-refractivity contribution in [3.05, 3.63) is 107 Å². The van der Waals surface area contributed by atoms with Gasteiger partial charge in [-0.15, -0.1) is 0 Å². The number of ether oxygens (including phenoxy) is 1. The number of hydrogen-bond acceptors (Lipinski definition) is 5. The summed E-state index contributed by atoms with van der Waals surface area (Å²) in [6.45, 7) is 0.407. The number of nitrogens with two attached hydrogens (primary N) is 1. The third-order valence-electron chi connectivity index (χ3n) is 6.57. The Bertz CT molecular complexity index is 1390. The second kappa shape index (κ2) is 7.52. The molecule has 3 heterocycles. The Morgan fingerprint density at radius 2 is 1.58 bits per heavy atom. The third-order valence-corrected chi connectivity index (χ3v) is 6.57. The Labute approximate surface area is 190 Å². The molecule has 1 aliphatic carbocycles. The van der Waals surface area contributed by atoms with Gasteiger partial charge in [0.25, 0.3) is 6.02 Å². The van der Waals surface area contributed by atoms with Crippen LogP contribution in [0.2, 0.25) is 0 Å². The normalized spacial score (nSPS) is 18.8. The lowest BCUT2D eigenvalue weighted by molar-refractivity contribution is 0.225. The minimum Gasteiger partial charge on any atom is -0.465 e. The monoisotopic (exact) mass is 436 g/mol. The summed E-state index contributed by atoms with van der Waals surface area (Å²) in [7, 11) is 0. The van der Waals surface area contributed by atoms with Crippen molar-refractivity contribution in [3.63, 3.8) is 0 Å². The number of benzene rings is 2. The van der Waals surface area contributed by atoms with Gasteiger partial charge in [-0.3, -0.25) is 9.97 Å². The molecule has 0 saturated carbocycles. The molecule has 33 heavy (non-hydrogen) atoms. The Kier molecular flexibility index (Phi) is 4.47. The van der Waals surface area contributed by atoms with E-state index in [4.69, 9.17) is 15.5 Å². The van der Waals surface area contributed by atoms with Gasteiger partial charge in [-0.05, 0) is 69.3 Å². The lowest BCUT2D eigenvalue weighted by Crippen LogP contribution is -2.40. The van der Waals surface area contributed by atoms with Gasteiger partial charge < -0.3 is 10.5 Å². The fourth-order valence-electron chi connectivity index (χ4n) is 5.02. The van der Waals surface area contributed by atoms with Gasteiger partial charge >= 0.3 is 0 Å². The molecule has 1 spiro atoms. The van der Waals surface area contributed by atoms with Crippen LogP contribution in [-0.4, -0.2) is 22.6 Å². The predicted octanol–water partition coefficient (Wildman–Crippen LogP) is 4.83. The quantitative estimate of drug-likeness (QED) is 0.488. The molecule has 2 aromatic heterocycles. The summed E-state index contributed by atoms with van der Waals surface area (Å²) in [5.74, 6) is -0.243. The molecule has 0 amide bonds. The van der Waals surface area contributed by atoms with E-state index in [2.05, 4.69) is 28.2 Å². The summed E-state index contributed by atoms with van der Waals surface area (Å²) >= 11 is 0. The molecule has 0 radical (unpaired) electrons. The number of aromatic nitrogens is 2. The molecule has 2 aromatic carbocycles. The Morgan fingerprint density at radius 3 is 2.27 bits per heavy atom. The Balaban J connectivity index is 1.61. The minimum absolute atomic E-state index is 0.124. The average molecular weight is 436 g/mol. The van der Waals surface area contributed by atoms with Crippen LogP contribution in [0, 0.1) is 5.82 Å². The molecule has 0 saturated heterocycles. The van der Waals surface area contributed by atoms with Crippen LogP contribution in [-0.2, 0) is 16.7 Å². The molecule has 1 atom stereocenters. The third kappa shape index (κ3) is 3.18. The van der Waals surface area contributed by atoms with Crippen molar-refractivity contribution in [1.29, 1.82) is 0 Å². The largest absolute Gasteiger partial charge is 0.465 e. The Morgan fingerprint density at radius 1 is 0.848 bits per heavy atom. The highest BCUT2D eigenvalue weighted by Gasteiger charge is 2.44. The van der Waals surface area contributed by atoms with Crippen LogP contribution >= 0.6 is 0 Å². The number of hydrogen-bond donors (Lipinski definition) is 1. The SMILES string of the molecule is NC1=NC2(CCO1)c1cc(-c3cccnc3)ccc1Cc1c(F)cc(-c3cccnc3)cc12. The van der Waals surface area contributed by atoms with E-state index in [1.165, 1.54) is 0 Å². The van der Waals surface area contributed by atoms with E-state index in [1.54, 1.807) is 24.7 Å². The maximum absolute atomic E-state index is 15.6. The molecule has 2 N–H and O–H groups in total. The van der Waals surface area contributed by atoms with E-state index in [1.807, 2.05) is 36.5 Å². The lowest BCUT2D eigenvalue weighted by Gasteiger charge is -2.40. The first-order valence-electron chi connectivity index (χ1n) is 10.9. The zero-order valence-corrected chi connectivity index (χ0v) is 17.8. The van der Waals surface area contributed by atoms with Crippen LogP contribution in [0.3, 0.4) is 0 Å². The second-order valence-electron chi connectivity index (χ2n) is 8.43. The fourth-order valence-corrected chi connectivity index (χ4v) is 5.02. The number of nitrogens with zero attached hydrogens (tertiary/aromatic N) is 3. The fraction of sp³-hybridized carbons (Fsp3) is 0.148. The van der Waals surface area contributed by atoms with Gasteiger partial charge in [-0.25, -0.2) is 9.38 Å². The summed E-state index contributed by atoms with van der Waals surface area (Å²) in [5.41, 5.74) is 12.5. The standard InChI is InChI=1S/C27H21FN4O/c28-25-14-21(20-4-2-9-31-16-20)13-24-22(25)11-18-6-5-17(19-3-1-8-30-15-19)12-23(18)27(24)7-10-33-26(29)32-27/h1-6,8-9,12-16H,7,10-11H2,(H2,29,32). The number of aliphatic imine (C=N–C) groups is 1. The van der Waals surface area contributed by atoms with E-state index >= 15 is 4.39 Å². The van der Waals surface area contributed by atoms with Crippen LogP contribution in [0.25, 0.3) is 22.3 Å². The molecule has 4 aromatic rings. The summed E-state index contributed by atoms with van der Waals surface area (Å²) < 4.78 is 21.1. The first-order chi connectivity index (χ1) is 16.1. The summed E-state index contributed by atoms with van der Waals surface area (Å²) in [6.07, 6.45) is 8.11. The van der Waals surface area contributed by atoms with Crippen molar-refractivity contribution in [3.8, 4) is 22.3 Å². The molecular weight excluding hydrogens is 415 g/mol. The molecule has 6 rings (SSSR count). The van der Waals surface area contributed by atoms with Crippen molar-refractivity contribution >= 4 is 6.02 Å². The van der Waals surface area contributed by atoms with E-state index in [9.17, 15) is 0 Å². The molecule has 2 aliphatic rings. The minimum atomic E-state index is -0.817. The van der Waals surface area contributed by atoms with Gasteiger partial charge in [0.2, 0.25) is 0 Å². The summed E-state index contributed by atoms with van der Waals surface area (Å²) in [5, 5.41) is 0. The molecule has 1 unspecified atom stereocenters. The molecule has 5 nitrogen and oxygen atoms in total. The Hall–Kier alpha value is -4.06. The highest BCUT2D eigenvalue weighted by atomic mass is 19.1. The zero-order chi connectivity index (χ0) is 22.4. The second-order valence-corrected chi connectivity index (χ2v) is 8.43. The van der Waals surface area contributed by atoms with Crippen molar-refractivity contribution in [2.24, 2.45) is 10.7 Å². The van der Waals surface area contributed by atoms with Gasteiger partial charge in [-0.1, -0.05) is 24.3 Å². The predicted molar refractivity (Wildman–Crippen MR) is 125 cm³/mol. The number of halogens is 1. The maximum atomic E-state index is 15.6. The first-order valence-corrected chi connectivity index (χ1v) is 10.9. The number of fused-ring (bicyclic) bond motifs is 4. The van der Waals surface area contributed by atoms with Gasteiger partial charge in [0, 0.05) is 43.2 Å². The number of pyridine rings is 2. The van der Waals surface area contributed by atoms with E-state index < -0.39 is 5.54 Å². The van der Waals surface area contributed by atoms with Crippen LogP contribution in [0.15, 0.2) is 84.4 Å². The number of amidine groups is 1. The van der Waals surface area contributed by atoms with Crippen LogP contribution < -0.4 is 5.73 Å². The molecule has 162 valence electrons. The highest BCUT2D eigenvalue weighted by Crippen LogP contribution is 2.49. The molecule has 0 bridgehead atoms. The van der Waals surface area contributed by atoms with Crippen molar-refractivity contribution in [1.82, 2.24) is 9.97 Å². The van der Waals surface area contributed by atoms with E-state index in [-0.39, 0.29) is 11.8 Å². The van der Waals surface area contributed by atoms with Gasteiger partial charge in [0.15, 0.2) is 0 Å². The molecule has 6 heteroatoms. The maximum Gasteiger partial charge on any atom is 0.283 e. The number of rotatable bonds is 2. The van der Waals surface area contributed by atoms with Crippen molar-refractivity contribution in [2.75, 3.05) is 6.61 Å². The molecule has 1 aliphatic heterocycles. The topological polar surface area (TPSA) is 73.4 Å². The van der Waals surface area contributed by atoms with Crippen LogP contribution in [0.1, 0.15) is 28.7 Å². The average Bonchev–Trinajstić information content (AvgIpc) is 2.86. The first kappa shape index (κ1) is 19.6. The highest BCUT2D eigenvalue weighted by molar-refractivity contribution is 5.76. The van der Waals surface area contributed by atoms with Crippen LogP contribution in [0.5, 0.6) is 0 Å². The van der Waals surface area contributed by atoms with Gasteiger partial charge in [0.1, 0.15) is 11.4 Å². The van der Waals surface area contributed by atoms with Crippen molar-refractivity contribution in [2.45, 2.75) is 18.4 Å². The van der Waals surface area contributed by atoms with Gasteiger partial charge in [0.05, 0.1) is 6.61 Å². The van der Waals surface area contributed by atoms with Crippen molar-refractivity contribution < 1.29 is 9.13 Å². The van der Waals surface area contributed by atoms with Crippen LogP contribution in [0.4, 0.5) is 4.39 Å².